The molecule has 96 valence electrons. The van der Waals surface area contributed by atoms with Crippen LogP contribution in [-0.2, 0) is 13.0 Å². The summed E-state index contributed by atoms with van der Waals surface area (Å²) in [4.78, 5) is 13.8. The standard InChI is InChI=1S/C14H13N3O2/c18-14(19)12-8-11-9-15-17(13(11)16-12)7-6-10-4-2-1-3-5-10/h1-5,8-9,16H,6-7H2,(H,18,19). The van der Waals surface area contributed by atoms with Gasteiger partial charge in [0.1, 0.15) is 11.3 Å². The van der Waals surface area contributed by atoms with Crippen LogP contribution in [0.4, 0.5) is 0 Å². The number of rotatable bonds is 4. The topological polar surface area (TPSA) is 70.9 Å². The number of nitrogens with one attached hydrogen (secondary N) is 1. The van der Waals surface area contributed by atoms with Crippen molar-refractivity contribution in [3.8, 4) is 0 Å². The molecule has 3 aromatic rings. The van der Waals surface area contributed by atoms with Crippen molar-refractivity contribution in [3.63, 3.8) is 0 Å². The van der Waals surface area contributed by atoms with Gasteiger partial charge in [0.15, 0.2) is 0 Å². The van der Waals surface area contributed by atoms with E-state index in [1.165, 1.54) is 5.56 Å². The van der Waals surface area contributed by atoms with Crippen molar-refractivity contribution in [2.45, 2.75) is 13.0 Å². The highest BCUT2D eigenvalue weighted by molar-refractivity contribution is 5.92. The maximum Gasteiger partial charge on any atom is 0.352 e. The Labute approximate surface area is 109 Å². The monoisotopic (exact) mass is 255 g/mol. The van der Waals surface area contributed by atoms with Crippen molar-refractivity contribution in [3.05, 3.63) is 53.9 Å². The first kappa shape index (κ1) is 11.5. The minimum Gasteiger partial charge on any atom is -0.477 e. The van der Waals surface area contributed by atoms with E-state index in [2.05, 4.69) is 22.2 Å². The highest BCUT2D eigenvalue weighted by Crippen LogP contribution is 2.15. The van der Waals surface area contributed by atoms with Crippen LogP contribution < -0.4 is 0 Å². The van der Waals surface area contributed by atoms with Gasteiger partial charge in [0.2, 0.25) is 0 Å². The molecule has 1 aromatic carbocycles. The summed E-state index contributed by atoms with van der Waals surface area (Å²) >= 11 is 0. The molecule has 0 radical (unpaired) electrons. The van der Waals surface area contributed by atoms with Crippen molar-refractivity contribution in [1.82, 2.24) is 14.8 Å². The number of aromatic amines is 1. The third-order valence-corrected chi connectivity index (χ3v) is 3.11. The van der Waals surface area contributed by atoms with Crippen LogP contribution in [0.1, 0.15) is 16.1 Å². The largest absolute Gasteiger partial charge is 0.477 e. The molecular weight excluding hydrogens is 242 g/mol. The van der Waals surface area contributed by atoms with Gasteiger partial charge < -0.3 is 10.1 Å². The molecule has 0 spiro atoms. The van der Waals surface area contributed by atoms with Crippen LogP contribution in [0.2, 0.25) is 0 Å². The predicted octanol–water partition coefficient (Wildman–Crippen LogP) is 2.31. The fourth-order valence-electron chi connectivity index (χ4n) is 2.13. The van der Waals surface area contributed by atoms with E-state index in [4.69, 9.17) is 5.11 Å². The molecule has 0 amide bonds. The fourth-order valence-corrected chi connectivity index (χ4v) is 2.13. The van der Waals surface area contributed by atoms with E-state index >= 15 is 0 Å². The second-order valence-electron chi connectivity index (χ2n) is 4.40. The summed E-state index contributed by atoms with van der Waals surface area (Å²) < 4.78 is 1.80. The van der Waals surface area contributed by atoms with E-state index < -0.39 is 5.97 Å². The van der Waals surface area contributed by atoms with Crippen LogP contribution in [0.3, 0.4) is 0 Å². The Bertz CT molecular complexity index is 713. The maximum atomic E-state index is 10.9. The van der Waals surface area contributed by atoms with Gasteiger partial charge in [-0.25, -0.2) is 9.48 Å². The van der Waals surface area contributed by atoms with E-state index in [1.54, 1.807) is 16.9 Å². The van der Waals surface area contributed by atoms with Gasteiger partial charge in [-0.1, -0.05) is 30.3 Å². The molecule has 0 aliphatic heterocycles. The highest BCUT2D eigenvalue weighted by atomic mass is 16.4. The molecular formula is C14H13N3O2. The quantitative estimate of drug-likeness (QED) is 0.751. The molecule has 0 aliphatic rings. The van der Waals surface area contributed by atoms with E-state index in [9.17, 15) is 4.79 Å². The Hall–Kier alpha value is -2.56. The number of hydrogen-bond donors (Lipinski definition) is 2. The molecule has 0 saturated carbocycles. The molecule has 0 bridgehead atoms. The molecule has 0 atom stereocenters. The number of hydrogen-bond acceptors (Lipinski definition) is 2. The van der Waals surface area contributed by atoms with Crippen molar-refractivity contribution >= 4 is 17.0 Å². The van der Waals surface area contributed by atoms with Crippen LogP contribution >= 0.6 is 0 Å². The number of carboxylic acid groups (broad SMARTS) is 1. The average molecular weight is 255 g/mol. The molecule has 3 rings (SSSR count). The number of H-pyrrole nitrogens is 1. The predicted molar refractivity (Wildman–Crippen MR) is 71.2 cm³/mol. The highest BCUT2D eigenvalue weighted by Gasteiger charge is 2.11. The normalized spacial score (nSPS) is 10.9. The molecule has 2 N–H and O–H groups in total. The van der Waals surface area contributed by atoms with Crippen LogP contribution in [0.25, 0.3) is 11.0 Å². The van der Waals surface area contributed by atoms with Crippen LogP contribution in [0.5, 0.6) is 0 Å². The van der Waals surface area contributed by atoms with E-state index in [1.807, 2.05) is 18.2 Å². The second-order valence-corrected chi connectivity index (χ2v) is 4.40. The molecule has 2 heterocycles. The van der Waals surface area contributed by atoms with Gasteiger partial charge in [-0.15, -0.1) is 0 Å². The van der Waals surface area contributed by atoms with Crippen molar-refractivity contribution in [2.75, 3.05) is 0 Å². The lowest BCUT2D eigenvalue weighted by atomic mass is 10.1. The van der Waals surface area contributed by atoms with Gasteiger partial charge in [-0.2, -0.15) is 5.10 Å². The number of carbonyl (C=O) groups is 1. The summed E-state index contributed by atoms with van der Waals surface area (Å²) in [5.41, 5.74) is 2.19. The minimum atomic E-state index is -0.953. The Kier molecular flexibility index (Phi) is 2.79. The SMILES string of the molecule is O=C(O)c1cc2cnn(CCc3ccccc3)c2[nH]1. The first-order valence-electron chi connectivity index (χ1n) is 6.06. The summed E-state index contributed by atoms with van der Waals surface area (Å²) in [5.74, 6) is -0.953. The Morgan fingerprint density at radius 3 is 2.84 bits per heavy atom. The smallest absolute Gasteiger partial charge is 0.352 e. The van der Waals surface area contributed by atoms with Gasteiger partial charge in [0, 0.05) is 11.9 Å². The summed E-state index contributed by atoms with van der Waals surface area (Å²) in [6.07, 6.45) is 2.54. The lowest BCUT2D eigenvalue weighted by Gasteiger charge is -2.02. The van der Waals surface area contributed by atoms with Crippen LogP contribution in [0.15, 0.2) is 42.6 Å². The minimum absolute atomic E-state index is 0.195. The summed E-state index contributed by atoms with van der Waals surface area (Å²) in [6.45, 7) is 0.715. The van der Waals surface area contributed by atoms with E-state index in [0.717, 1.165) is 17.5 Å². The molecule has 5 nitrogen and oxygen atoms in total. The van der Waals surface area contributed by atoms with Crippen molar-refractivity contribution in [1.29, 1.82) is 0 Å². The zero-order valence-electron chi connectivity index (χ0n) is 10.2. The summed E-state index contributed by atoms with van der Waals surface area (Å²) in [5, 5.41) is 14.0. The Morgan fingerprint density at radius 2 is 2.11 bits per heavy atom. The molecule has 2 aromatic heterocycles. The number of benzene rings is 1. The lowest BCUT2D eigenvalue weighted by molar-refractivity contribution is 0.0691. The van der Waals surface area contributed by atoms with Gasteiger partial charge in [0.25, 0.3) is 0 Å². The van der Waals surface area contributed by atoms with E-state index in [-0.39, 0.29) is 5.69 Å². The third kappa shape index (κ3) is 2.22. The molecule has 5 heteroatoms. The molecule has 0 unspecified atom stereocenters. The van der Waals surface area contributed by atoms with Crippen molar-refractivity contribution in [2.24, 2.45) is 0 Å². The Balaban J connectivity index is 1.83. The van der Waals surface area contributed by atoms with Gasteiger partial charge in [0.05, 0.1) is 6.20 Å². The Morgan fingerprint density at radius 1 is 1.32 bits per heavy atom. The first-order chi connectivity index (χ1) is 9.24. The average Bonchev–Trinajstić information content (AvgIpc) is 2.98. The number of aromatic nitrogens is 3. The van der Waals surface area contributed by atoms with Gasteiger partial charge in [-0.3, -0.25) is 0 Å². The number of aromatic carboxylic acids is 1. The first-order valence-corrected chi connectivity index (χ1v) is 6.06. The maximum absolute atomic E-state index is 10.9. The fraction of sp³-hybridized carbons (Fsp3) is 0.143. The van der Waals surface area contributed by atoms with Gasteiger partial charge in [-0.05, 0) is 18.1 Å². The molecule has 0 saturated heterocycles. The second kappa shape index (κ2) is 4.61. The summed E-state index contributed by atoms with van der Waals surface area (Å²) in [7, 11) is 0. The summed E-state index contributed by atoms with van der Waals surface area (Å²) in [6, 6.07) is 11.7. The molecule has 0 aliphatic carbocycles. The lowest BCUT2D eigenvalue weighted by Crippen LogP contribution is -2.04. The number of nitrogens with zero attached hydrogens (tertiary/aromatic N) is 2. The molecule has 19 heavy (non-hydrogen) atoms. The molecule has 0 fully saturated rings. The van der Waals surface area contributed by atoms with Crippen LogP contribution in [0, 0.1) is 0 Å². The number of aryl methyl sites for hydroxylation is 2. The number of fused-ring (bicyclic) bond motifs is 1. The van der Waals surface area contributed by atoms with E-state index in [0.29, 0.717) is 6.54 Å². The zero-order valence-corrected chi connectivity index (χ0v) is 10.2. The van der Waals surface area contributed by atoms with Crippen LogP contribution in [-0.4, -0.2) is 25.8 Å². The van der Waals surface area contributed by atoms with Crippen molar-refractivity contribution < 1.29 is 9.90 Å². The third-order valence-electron chi connectivity index (χ3n) is 3.11. The number of carboxylic acids is 1. The zero-order chi connectivity index (χ0) is 13.2. The van der Waals surface area contributed by atoms with Gasteiger partial charge >= 0.3 is 5.97 Å².